The Morgan fingerprint density at radius 2 is 2.23 bits per heavy atom. The lowest BCUT2D eigenvalue weighted by Gasteiger charge is -2.02. The van der Waals surface area contributed by atoms with E-state index in [1.807, 2.05) is 23.9 Å². The van der Waals surface area contributed by atoms with Crippen LogP contribution in [-0.4, -0.2) is 9.67 Å². The van der Waals surface area contributed by atoms with Gasteiger partial charge in [-0.1, -0.05) is 0 Å². The second kappa shape index (κ2) is 2.88. The van der Waals surface area contributed by atoms with Crippen molar-refractivity contribution in [2.24, 2.45) is 7.05 Å². The molecule has 0 unspecified atom stereocenters. The summed E-state index contributed by atoms with van der Waals surface area (Å²) >= 11 is 3.65. The van der Waals surface area contributed by atoms with E-state index < -0.39 is 0 Å². The molecule has 0 fully saturated rings. The molecule has 0 spiro atoms. The van der Waals surface area contributed by atoms with Crippen molar-refractivity contribution < 1.29 is 9.29 Å². The summed E-state index contributed by atoms with van der Waals surface area (Å²) in [6.07, 6.45) is 1.92. The highest BCUT2D eigenvalue weighted by atomic mass is 32.1. The lowest BCUT2D eigenvalue weighted by molar-refractivity contribution is 0.452. The fraction of sp³-hybridized carbons (Fsp3) is 0.111. The lowest BCUT2D eigenvalue weighted by atomic mass is 10.2. The van der Waals surface area contributed by atoms with Crippen LogP contribution < -0.4 is 4.18 Å². The van der Waals surface area contributed by atoms with Crippen molar-refractivity contribution in [3.05, 3.63) is 24.4 Å². The summed E-state index contributed by atoms with van der Waals surface area (Å²) in [6.45, 7) is 0. The summed E-state index contributed by atoms with van der Waals surface area (Å²) in [4.78, 5) is 0. The Balaban J connectivity index is 2.76. The predicted molar refractivity (Wildman–Crippen MR) is 54.2 cm³/mol. The maximum absolute atomic E-state index is 9.46. The molecule has 0 amide bonds. The Hall–Kier alpha value is -1.29. The first-order valence-corrected chi connectivity index (χ1v) is 4.18. The zero-order valence-corrected chi connectivity index (χ0v) is 7.95. The van der Waals surface area contributed by atoms with Gasteiger partial charge in [-0.2, -0.15) is 0 Å². The van der Waals surface area contributed by atoms with Gasteiger partial charge in [-0.05, 0) is 12.1 Å². The van der Waals surface area contributed by atoms with Crippen LogP contribution in [0.15, 0.2) is 24.4 Å². The van der Waals surface area contributed by atoms with Gasteiger partial charge in [0.2, 0.25) is 0 Å². The topological polar surface area (TPSA) is 34.4 Å². The molecule has 4 heteroatoms. The first-order chi connectivity index (χ1) is 6.22. The van der Waals surface area contributed by atoms with Crippen LogP contribution >= 0.6 is 12.9 Å². The third-order valence-corrected chi connectivity index (χ3v) is 2.26. The molecule has 0 saturated carbocycles. The Kier molecular flexibility index (Phi) is 1.84. The van der Waals surface area contributed by atoms with Gasteiger partial charge < -0.3 is 13.9 Å². The molecular formula is C9H9NO2S. The summed E-state index contributed by atoms with van der Waals surface area (Å²) < 4.78 is 6.63. The first-order valence-electron chi connectivity index (χ1n) is 3.82. The van der Waals surface area contributed by atoms with Gasteiger partial charge in [0, 0.05) is 37.6 Å². The van der Waals surface area contributed by atoms with Crippen molar-refractivity contribution in [2.45, 2.75) is 0 Å². The molecule has 0 aliphatic carbocycles. The molecule has 13 heavy (non-hydrogen) atoms. The number of hydrogen-bond acceptors (Lipinski definition) is 3. The molecule has 0 atom stereocenters. The summed E-state index contributed by atoms with van der Waals surface area (Å²) in [6, 6.07) is 5.35. The van der Waals surface area contributed by atoms with E-state index in [9.17, 15) is 5.11 Å². The van der Waals surface area contributed by atoms with E-state index in [4.69, 9.17) is 4.18 Å². The van der Waals surface area contributed by atoms with E-state index in [-0.39, 0.29) is 5.75 Å². The van der Waals surface area contributed by atoms with E-state index in [0.29, 0.717) is 5.75 Å². The van der Waals surface area contributed by atoms with Crippen LogP contribution in [-0.2, 0) is 7.05 Å². The van der Waals surface area contributed by atoms with Crippen molar-refractivity contribution in [2.75, 3.05) is 0 Å². The Bertz CT molecular complexity index is 450. The van der Waals surface area contributed by atoms with Crippen LogP contribution in [0.3, 0.4) is 0 Å². The van der Waals surface area contributed by atoms with Crippen molar-refractivity contribution in [3.8, 4) is 11.5 Å². The van der Waals surface area contributed by atoms with E-state index in [1.165, 1.54) is 0 Å². The minimum atomic E-state index is 0.101. The minimum absolute atomic E-state index is 0.101. The molecule has 68 valence electrons. The summed E-state index contributed by atoms with van der Waals surface area (Å²) in [7, 11) is 1.92. The van der Waals surface area contributed by atoms with Crippen molar-refractivity contribution in [1.29, 1.82) is 0 Å². The Morgan fingerprint density at radius 3 is 2.92 bits per heavy atom. The largest absolute Gasteiger partial charge is 0.504 e. The maximum atomic E-state index is 9.46. The summed E-state index contributed by atoms with van der Waals surface area (Å²) in [5, 5.41) is 10.5. The minimum Gasteiger partial charge on any atom is -0.504 e. The first kappa shape index (κ1) is 8.31. The highest BCUT2D eigenvalue weighted by Gasteiger charge is 2.05. The van der Waals surface area contributed by atoms with Gasteiger partial charge in [0.15, 0.2) is 11.5 Å². The second-order valence-electron chi connectivity index (χ2n) is 2.90. The van der Waals surface area contributed by atoms with Gasteiger partial charge >= 0.3 is 0 Å². The summed E-state index contributed by atoms with van der Waals surface area (Å²) in [5.74, 6) is 0.478. The highest BCUT2D eigenvalue weighted by molar-refractivity contribution is 7.75. The maximum Gasteiger partial charge on any atom is 0.179 e. The standard InChI is InChI=1S/C9H9NO2S/c1-10-3-2-6-4-9(12-13)8(11)5-7(6)10/h2-5,11,13H,1H3. The molecule has 1 N–H and O–H groups in total. The van der Waals surface area contributed by atoms with Crippen LogP contribution in [0.5, 0.6) is 11.5 Å². The number of fused-ring (bicyclic) bond motifs is 1. The van der Waals surface area contributed by atoms with Crippen LogP contribution in [0.2, 0.25) is 0 Å². The molecule has 1 aromatic heterocycles. The smallest absolute Gasteiger partial charge is 0.179 e. The number of phenols is 1. The van der Waals surface area contributed by atoms with Crippen LogP contribution in [0.25, 0.3) is 10.9 Å². The summed E-state index contributed by atoms with van der Waals surface area (Å²) in [5.41, 5.74) is 0.964. The monoisotopic (exact) mass is 195 g/mol. The molecule has 0 radical (unpaired) electrons. The van der Waals surface area contributed by atoms with E-state index >= 15 is 0 Å². The Morgan fingerprint density at radius 1 is 1.46 bits per heavy atom. The zero-order valence-electron chi connectivity index (χ0n) is 7.06. The van der Waals surface area contributed by atoms with E-state index in [1.54, 1.807) is 12.1 Å². The SMILES string of the molecule is Cn1ccc2cc(OS)c(O)cc21. The van der Waals surface area contributed by atoms with Gasteiger partial charge in [-0.15, -0.1) is 0 Å². The average molecular weight is 195 g/mol. The number of phenolic OH excluding ortho intramolecular Hbond substituents is 1. The van der Waals surface area contributed by atoms with Gasteiger partial charge in [-0.25, -0.2) is 0 Å². The molecule has 1 aromatic carbocycles. The molecule has 0 bridgehead atoms. The Labute approximate surface area is 81.2 Å². The van der Waals surface area contributed by atoms with Crippen LogP contribution in [0.1, 0.15) is 0 Å². The van der Waals surface area contributed by atoms with Crippen molar-refractivity contribution in [3.63, 3.8) is 0 Å². The number of benzene rings is 1. The van der Waals surface area contributed by atoms with Gasteiger partial charge in [0.05, 0.1) is 5.52 Å². The van der Waals surface area contributed by atoms with Gasteiger partial charge in [0.25, 0.3) is 0 Å². The molecule has 0 saturated heterocycles. The third kappa shape index (κ3) is 1.23. The number of rotatable bonds is 1. The van der Waals surface area contributed by atoms with E-state index in [2.05, 4.69) is 12.9 Å². The molecule has 2 aromatic rings. The molecule has 3 nitrogen and oxygen atoms in total. The van der Waals surface area contributed by atoms with Crippen LogP contribution in [0, 0.1) is 0 Å². The molecule has 0 aliphatic rings. The van der Waals surface area contributed by atoms with Crippen molar-refractivity contribution >= 4 is 23.8 Å². The number of aryl methyl sites for hydroxylation is 1. The number of aromatic hydroxyl groups is 1. The number of thiol groups is 1. The van der Waals surface area contributed by atoms with E-state index in [0.717, 1.165) is 10.9 Å². The van der Waals surface area contributed by atoms with Crippen LogP contribution in [0.4, 0.5) is 0 Å². The third-order valence-electron chi connectivity index (χ3n) is 2.06. The normalized spacial score (nSPS) is 10.6. The van der Waals surface area contributed by atoms with Gasteiger partial charge in [0.1, 0.15) is 0 Å². The highest BCUT2D eigenvalue weighted by Crippen LogP contribution is 2.32. The second-order valence-corrected chi connectivity index (χ2v) is 3.08. The molecular weight excluding hydrogens is 186 g/mol. The molecule has 1 heterocycles. The fourth-order valence-corrected chi connectivity index (χ4v) is 1.50. The fourth-order valence-electron chi connectivity index (χ4n) is 1.36. The lowest BCUT2D eigenvalue weighted by Crippen LogP contribution is -1.84. The molecule has 0 aliphatic heterocycles. The quantitative estimate of drug-likeness (QED) is 0.540. The number of nitrogens with zero attached hydrogens (tertiary/aromatic N) is 1. The molecule has 2 rings (SSSR count). The average Bonchev–Trinajstić information content (AvgIpc) is 2.47. The number of aromatic nitrogens is 1. The zero-order chi connectivity index (χ0) is 9.42. The predicted octanol–water partition coefficient (Wildman–Crippen LogP) is 2.11. The van der Waals surface area contributed by atoms with Gasteiger partial charge in [-0.3, -0.25) is 0 Å². The number of hydrogen-bond donors (Lipinski definition) is 2. The van der Waals surface area contributed by atoms with Crippen molar-refractivity contribution in [1.82, 2.24) is 4.57 Å².